The molecule has 35 heavy (non-hydrogen) atoms. The lowest BCUT2D eigenvalue weighted by molar-refractivity contribution is -0.189. The van der Waals surface area contributed by atoms with E-state index >= 15 is 0 Å². The van der Waals surface area contributed by atoms with Gasteiger partial charge in [-0.25, -0.2) is 14.4 Å². The summed E-state index contributed by atoms with van der Waals surface area (Å²) in [4.78, 5) is 36.0. The first kappa shape index (κ1) is 26.1. The van der Waals surface area contributed by atoms with Gasteiger partial charge in [-0.2, -0.15) is 8.78 Å². The van der Waals surface area contributed by atoms with Crippen molar-refractivity contribution in [2.75, 3.05) is 0 Å². The quantitative estimate of drug-likeness (QED) is 0.360. The number of carbonyl (C=O) groups excluding carboxylic acids is 2. The number of halogens is 2. The summed E-state index contributed by atoms with van der Waals surface area (Å²) in [6.07, 6.45) is -0.131. The van der Waals surface area contributed by atoms with Crippen molar-refractivity contribution >= 4 is 18.1 Å². The highest BCUT2D eigenvalue weighted by atomic mass is 19.3. The van der Waals surface area contributed by atoms with E-state index in [2.05, 4.69) is 0 Å². The first-order valence-corrected chi connectivity index (χ1v) is 11.4. The van der Waals surface area contributed by atoms with E-state index in [1.54, 1.807) is 13.8 Å². The summed E-state index contributed by atoms with van der Waals surface area (Å²) in [6, 6.07) is 14.1. The predicted octanol–water partition coefficient (Wildman–Crippen LogP) is 5.96. The Labute approximate surface area is 202 Å². The smallest absolute Gasteiger partial charge is 0.477 e. The lowest BCUT2D eigenvalue weighted by Crippen LogP contribution is -2.48. The number of alkyl halides is 2. The Balaban J connectivity index is 1.65. The third-order valence-corrected chi connectivity index (χ3v) is 6.05. The Kier molecular flexibility index (Phi) is 8.09. The van der Waals surface area contributed by atoms with Gasteiger partial charge < -0.3 is 19.3 Å². The van der Waals surface area contributed by atoms with Gasteiger partial charge in [-0.1, -0.05) is 49.6 Å². The van der Waals surface area contributed by atoms with E-state index in [1.807, 2.05) is 30.3 Å². The lowest BCUT2D eigenvalue weighted by Gasteiger charge is -2.33. The van der Waals surface area contributed by atoms with E-state index in [0.717, 1.165) is 12.0 Å². The molecular weight excluding hydrogens is 462 g/mol. The van der Waals surface area contributed by atoms with Gasteiger partial charge in [0.15, 0.2) is 6.10 Å². The van der Waals surface area contributed by atoms with Gasteiger partial charge >= 0.3 is 24.0 Å². The zero-order valence-corrected chi connectivity index (χ0v) is 19.5. The molecule has 2 aromatic rings. The summed E-state index contributed by atoms with van der Waals surface area (Å²) < 4.78 is 44.4. The molecule has 0 aliphatic heterocycles. The molecule has 9 heteroatoms. The zero-order chi connectivity index (χ0) is 25.6. The molecule has 188 valence electrons. The standard InChI is InChI=1S/C26H28F2O7/c1-25(2,19-11-7-4-8-12-19)35-24(32)33-20-15-13-18(14-16-20)22(29)34-21(26(27,28)23(30)31)17-9-5-3-6-10-17/h4,7-8,11-17,21H,3,5-6,9-10H2,1-2H3,(H,30,31). The summed E-state index contributed by atoms with van der Waals surface area (Å²) in [7, 11) is 0. The van der Waals surface area contributed by atoms with Gasteiger partial charge in [0.05, 0.1) is 5.56 Å². The second kappa shape index (κ2) is 10.8. The minimum absolute atomic E-state index is 0.0649. The number of carboxylic acids is 1. The van der Waals surface area contributed by atoms with Crippen LogP contribution in [-0.4, -0.2) is 35.2 Å². The van der Waals surface area contributed by atoms with Gasteiger partial charge in [-0.15, -0.1) is 0 Å². The number of hydrogen-bond donors (Lipinski definition) is 1. The topological polar surface area (TPSA) is 99.1 Å². The van der Waals surface area contributed by atoms with Crippen LogP contribution in [0, 0.1) is 5.92 Å². The first-order chi connectivity index (χ1) is 16.5. The highest BCUT2D eigenvalue weighted by molar-refractivity contribution is 5.90. The molecule has 1 aliphatic carbocycles. The van der Waals surface area contributed by atoms with Crippen molar-refractivity contribution in [3.63, 3.8) is 0 Å². The SMILES string of the molecule is CC(C)(OC(=O)Oc1ccc(C(=O)OC(C2CCCCC2)C(F)(F)C(=O)O)cc1)c1ccccc1. The Morgan fingerprint density at radius 1 is 0.943 bits per heavy atom. The normalized spacial score (nSPS) is 15.7. The molecule has 1 saturated carbocycles. The van der Waals surface area contributed by atoms with Crippen molar-refractivity contribution in [2.45, 2.75) is 63.6 Å². The fourth-order valence-corrected chi connectivity index (χ4v) is 4.09. The summed E-state index contributed by atoms with van der Waals surface area (Å²) in [5.74, 6) is -8.31. The molecule has 2 aromatic carbocycles. The van der Waals surface area contributed by atoms with Gasteiger partial charge in [-0.3, -0.25) is 0 Å². The molecule has 0 aromatic heterocycles. The number of ether oxygens (including phenoxy) is 3. The van der Waals surface area contributed by atoms with E-state index in [0.29, 0.717) is 25.7 Å². The molecule has 1 atom stereocenters. The molecule has 1 N–H and O–H groups in total. The van der Waals surface area contributed by atoms with Crippen LogP contribution < -0.4 is 4.74 Å². The van der Waals surface area contributed by atoms with Crippen LogP contribution in [0.5, 0.6) is 5.75 Å². The van der Waals surface area contributed by atoms with Crippen LogP contribution in [-0.2, 0) is 19.9 Å². The van der Waals surface area contributed by atoms with Crippen molar-refractivity contribution in [2.24, 2.45) is 5.92 Å². The van der Waals surface area contributed by atoms with Crippen molar-refractivity contribution < 1.29 is 42.5 Å². The molecule has 0 radical (unpaired) electrons. The fraction of sp³-hybridized carbons (Fsp3) is 0.423. The predicted molar refractivity (Wildman–Crippen MR) is 121 cm³/mol. The van der Waals surface area contributed by atoms with Crippen LogP contribution >= 0.6 is 0 Å². The van der Waals surface area contributed by atoms with Crippen LogP contribution in [0.3, 0.4) is 0 Å². The molecule has 1 aliphatic rings. The second-order valence-corrected chi connectivity index (χ2v) is 9.01. The third-order valence-electron chi connectivity index (χ3n) is 6.05. The summed E-state index contributed by atoms with van der Waals surface area (Å²) in [5, 5.41) is 9.00. The molecule has 1 fully saturated rings. The maximum Gasteiger partial charge on any atom is 0.514 e. The van der Waals surface area contributed by atoms with Crippen molar-refractivity contribution in [3.05, 3.63) is 65.7 Å². The molecule has 0 bridgehead atoms. The molecule has 0 heterocycles. The van der Waals surface area contributed by atoms with Crippen molar-refractivity contribution in [1.29, 1.82) is 0 Å². The lowest BCUT2D eigenvalue weighted by atomic mass is 9.83. The average Bonchev–Trinajstić information content (AvgIpc) is 2.83. The number of hydrogen-bond acceptors (Lipinski definition) is 6. The highest BCUT2D eigenvalue weighted by Crippen LogP contribution is 2.36. The van der Waals surface area contributed by atoms with Gasteiger partial charge in [0.1, 0.15) is 11.4 Å². The first-order valence-electron chi connectivity index (χ1n) is 11.4. The highest BCUT2D eigenvalue weighted by Gasteiger charge is 2.53. The molecule has 7 nitrogen and oxygen atoms in total. The molecule has 0 amide bonds. The number of carboxylic acid groups (broad SMARTS) is 1. The Morgan fingerprint density at radius 2 is 1.54 bits per heavy atom. The van der Waals surface area contributed by atoms with Crippen LogP contribution in [0.1, 0.15) is 61.9 Å². The number of esters is 1. The number of carbonyl (C=O) groups is 3. The van der Waals surface area contributed by atoms with Gasteiger partial charge in [0.25, 0.3) is 0 Å². The van der Waals surface area contributed by atoms with Gasteiger partial charge in [-0.05, 0) is 56.5 Å². The van der Waals surface area contributed by atoms with Crippen LogP contribution in [0.15, 0.2) is 54.6 Å². The largest absolute Gasteiger partial charge is 0.514 e. The molecule has 1 unspecified atom stereocenters. The fourth-order valence-electron chi connectivity index (χ4n) is 4.09. The zero-order valence-electron chi connectivity index (χ0n) is 19.5. The maximum atomic E-state index is 14.4. The van der Waals surface area contributed by atoms with Crippen molar-refractivity contribution in [3.8, 4) is 5.75 Å². The Morgan fingerprint density at radius 3 is 2.11 bits per heavy atom. The van der Waals surface area contributed by atoms with Crippen LogP contribution in [0.25, 0.3) is 0 Å². The van der Waals surface area contributed by atoms with Gasteiger partial charge in [0.2, 0.25) is 0 Å². The number of benzene rings is 2. The minimum atomic E-state index is -4.21. The second-order valence-electron chi connectivity index (χ2n) is 9.01. The number of aliphatic carboxylic acids is 1. The van der Waals surface area contributed by atoms with Gasteiger partial charge in [0, 0.05) is 5.92 Å². The van der Waals surface area contributed by atoms with Crippen LogP contribution in [0.2, 0.25) is 0 Å². The van der Waals surface area contributed by atoms with E-state index in [-0.39, 0.29) is 11.3 Å². The van der Waals surface area contributed by atoms with E-state index in [1.165, 1.54) is 24.3 Å². The third kappa shape index (κ3) is 6.55. The van der Waals surface area contributed by atoms with E-state index in [4.69, 9.17) is 19.3 Å². The Hall–Kier alpha value is -3.49. The molecular formula is C26H28F2O7. The summed E-state index contributed by atoms with van der Waals surface area (Å²) >= 11 is 0. The van der Waals surface area contributed by atoms with E-state index < -0.39 is 41.6 Å². The minimum Gasteiger partial charge on any atom is -0.477 e. The van der Waals surface area contributed by atoms with E-state index in [9.17, 15) is 23.2 Å². The molecule has 0 saturated heterocycles. The average molecular weight is 490 g/mol. The molecule has 0 spiro atoms. The summed E-state index contributed by atoms with van der Waals surface area (Å²) in [5.41, 5.74) is -0.274. The summed E-state index contributed by atoms with van der Waals surface area (Å²) in [6.45, 7) is 3.41. The maximum absolute atomic E-state index is 14.4. The monoisotopic (exact) mass is 490 g/mol. The number of rotatable bonds is 8. The van der Waals surface area contributed by atoms with Crippen LogP contribution in [0.4, 0.5) is 13.6 Å². The molecule has 3 rings (SSSR count). The van der Waals surface area contributed by atoms with Crippen molar-refractivity contribution in [1.82, 2.24) is 0 Å². The Bertz CT molecular complexity index is 1030.